The molecule has 0 unspecified atom stereocenters. The molecule has 1 aliphatic heterocycles. The van der Waals surface area contributed by atoms with E-state index in [0.717, 1.165) is 22.8 Å². The van der Waals surface area contributed by atoms with Gasteiger partial charge in [0.05, 0.1) is 36.8 Å². The van der Waals surface area contributed by atoms with Crippen molar-refractivity contribution in [1.29, 1.82) is 0 Å². The van der Waals surface area contributed by atoms with Crippen molar-refractivity contribution < 1.29 is 9.13 Å². The molecular formula is C21H24FN5O. The number of morpholine rings is 1. The molecule has 0 amide bonds. The molecule has 2 aromatic heterocycles. The van der Waals surface area contributed by atoms with Crippen molar-refractivity contribution in [3.63, 3.8) is 0 Å². The lowest BCUT2D eigenvalue weighted by molar-refractivity contribution is 0.122. The lowest BCUT2D eigenvalue weighted by atomic mass is 10.1. The average Bonchev–Trinajstić information content (AvgIpc) is 3.11. The maximum Gasteiger partial charge on any atom is 0.147 e. The minimum Gasteiger partial charge on any atom is -0.378 e. The van der Waals surface area contributed by atoms with Gasteiger partial charge in [-0.1, -0.05) is 12.1 Å². The van der Waals surface area contributed by atoms with Gasteiger partial charge in [-0.25, -0.2) is 9.37 Å². The van der Waals surface area contributed by atoms with Crippen LogP contribution in [0.2, 0.25) is 0 Å². The summed E-state index contributed by atoms with van der Waals surface area (Å²) in [7, 11) is 1.91. The quantitative estimate of drug-likeness (QED) is 0.736. The van der Waals surface area contributed by atoms with Gasteiger partial charge in [-0.05, 0) is 24.3 Å². The summed E-state index contributed by atoms with van der Waals surface area (Å²) in [5.41, 5.74) is 9.50. The Hall–Kier alpha value is -2.77. The van der Waals surface area contributed by atoms with E-state index >= 15 is 0 Å². The summed E-state index contributed by atoms with van der Waals surface area (Å²) in [6.07, 6.45) is 4.09. The van der Waals surface area contributed by atoms with Gasteiger partial charge in [0.2, 0.25) is 0 Å². The van der Waals surface area contributed by atoms with Crippen LogP contribution in [0.5, 0.6) is 0 Å². The highest BCUT2D eigenvalue weighted by Crippen LogP contribution is 2.28. The Labute approximate surface area is 163 Å². The number of nitrogens with two attached hydrogens (primary N) is 1. The van der Waals surface area contributed by atoms with Gasteiger partial charge >= 0.3 is 0 Å². The first-order chi connectivity index (χ1) is 13.6. The predicted octanol–water partition coefficient (Wildman–Crippen LogP) is 2.70. The molecule has 0 bridgehead atoms. The fraction of sp³-hybridized carbons (Fsp3) is 0.333. The number of nitrogens with zero attached hydrogens (tertiary/aromatic N) is 4. The van der Waals surface area contributed by atoms with Crippen LogP contribution in [-0.2, 0) is 18.2 Å². The van der Waals surface area contributed by atoms with Gasteiger partial charge in [0, 0.05) is 44.0 Å². The van der Waals surface area contributed by atoms with Gasteiger partial charge in [-0.2, -0.15) is 0 Å². The fourth-order valence-electron chi connectivity index (χ4n) is 3.60. The molecule has 1 aromatic carbocycles. The van der Waals surface area contributed by atoms with E-state index in [1.54, 1.807) is 18.5 Å². The Morgan fingerprint density at radius 1 is 1.18 bits per heavy atom. The number of anilines is 1. The molecule has 0 saturated carbocycles. The molecule has 2 N–H and O–H groups in total. The maximum absolute atomic E-state index is 14.8. The molecule has 0 radical (unpaired) electrons. The summed E-state index contributed by atoms with van der Waals surface area (Å²) in [6, 6.07) is 10.8. The van der Waals surface area contributed by atoms with Crippen LogP contribution in [-0.4, -0.2) is 40.8 Å². The summed E-state index contributed by atoms with van der Waals surface area (Å²) < 4.78 is 22.0. The lowest BCUT2D eigenvalue weighted by Gasteiger charge is -2.29. The van der Waals surface area contributed by atoms with Crippen LogP contribution in [0, 0.1) is 5.82 Å². The van der Waals surface area contributed by atoms with Crippen LogP contribution < -0.4 is 10.6 Å². The van der Waals surface area contributed by atoms with Gasteiger partial charge in [-0.3, -0.25) is 4.98 Å². The molecule has 3 heterocycles. The summed E-state index contributed by atoms with van der Waals surface area (Å²) in [5, 5.41) is 0. The Bertz CT molecular complexity index is 937. The molecular weight excluding hydrogens is 357 g/mol. The van der Waals surface area contributed by atoms with E-state index < -0.39 is 0 Å². The molecule has 0 spiro atoms. The van der Waals surface area contributed by atoms with Gasteiger partial charge in [0.15, 0.2) is 0 Å². The number of rotatable bonds is 5. The van der Waals surface area contributed by atoms with Crippen molar-refractivity contribution in [2.45, 2.75) is 12.5 Å². The molecule has 1 atom stereocenters. The summed E-state index contributed by atoms with van der Waals surface area (Å²) in [5.74, 6) is 0.512. The minimum atomic E-state index is -0.286. The third-order valence-electron chi connectivity index (χ3n) is 5.11. The highest BCUT2D eigenvalue weighted by atomic mass is 19.1. The second kappa shape index (κ2) is 8.08. The SMILES string of the molecule is Cn1c(-c2ccc(N3CCOCC3)c(F)c2)cnc1[C@@H](N)Cc1ccccn1. The van der Waals surface area contributed by atoms with Gasteiger partial charge in [-0.15, -0.1) is 0 Å². The zero-order valence-corrected chi connectivity index (χ0v) is 15.9. The van der Waals surface area contributed by atoms with Crippen LogP contribution in [0.3, 0.4) is 0 Å². The number of halogens is 1. The largest absolute Gasteiger partial charge is 0.378 e. The first kappa shape index (κ1) is 18.6. The third kappa shape index (κ3) is 3.76. The Morgan fingerprint density at radius 3 is 2.71 bits per heavy atom. The zero-order valence-electron chi connectivity index (χ0n) is 15.9. The highest BCUT2D eigenvalue weighted by molar-refractivity contribution is 5.64. The fourth-order valence-corrected chi connectivity index (χ4v) is 3.60. The first-order valence-electron chi connectivity index (χ1n) is 9.43. The topological polar surface area (TPSA) is 69.2 Å². The molecule has 1 aliphatic rings. The highest BCUT2D eigenvalue weighted by Gasteiger charge is 2.19. The van der Waals surface area contributed by atoms with Crippen molar-refractivity contribution in [3.8, 4) is 11.3 Å². The van der Waals surface area contributed by atoms with E-state index in [4.69, 9.17) is 10.5 Å². The summed E-state index contributed by atoms with van der Waals surface area (Å²) in [4.78, 5) is 10.8. The van der Waals surface area contributed by atoms with E-state index in [9.17, 15) is 4.39 Å². The van der Waals surface area contributed by atoms with Gasteiger partial charge in [0.25, 0.3) is 0 Å². The Balaban J connectivity index is 1.56. The molecule has 0 aliphatic carbocycles. The van der Waals surface area contributed by atoms with Gasteiger partial charge < -0.3 is 19.9 Å². The van der Waals surface area contributed by atoms with Crippen LogP contribution in [0.1, 0.15) is 17.6 Å². The Kier molecular flexibility index (Phi) is 5.36. The van der Waals surface area contributed by atoms with Crippen LogP contribution >= 0.6 is 0 Å². The molecule has 1 fully saturated rings. The number of benzene rings is 1. The predicted molar refractivity (Wildman–Crippen MR) is 107 cm³/mol. The molecule has 3 aromatic rings. The number of hydrogen-bond acceptors (Lipinski definition) is 5. The smallest absolute Gasteiger partial charge is 0.147 e. The maximum atomic E-state index is 14.8. The van der Waals surface area contributed by atoms with E-state index in [1.165, 1.54) is 0 Å². The molecule has 28 heavy (non-hydrogen) atoms. The van der Waals surface area contributed by atoms with Crippen molar-refractivity contribution in [3.05, 3.63) is 66.1 Å². The van der Waals surface area contributed by atoms with Gasteiger partial charge in [0.1, 0.15) is 11.6 Å². The molecule has 1 saturated heterocycles. The first-order valence-corrected chi connectivity index (χ1v) is 9.43. The van der Waals surface area contributed by atoms with Crippen LogP contribution in [0.25, 0.3) is 11.3 Å². The lowest BCUT2D eigenvalue weighted by Crippen LogP contribution is -2.36. The van der Waals surface area contributed by atoms with E-state index in [2.05, 4.69) is 9.97 Å². The summed E-state index contributed by atoms with van der Waals surface area (Å²) in [6.45, 7) is 2.66. The van der Waals surface area contributed by atoms with Crippen molar-refractivity contribution in [1.82, 2.24) is 14.5 Å². The van der Waals surface area contributed by atoms with Crippen molar-refractivity contribution in [2.75, 3.05) is 31.2 Å². The van der Waals surface area contributed by atoms with Crippen molar-refractivity contribution in [2.24, 2.45) is 12.8 Å². The van der Waals surface area contributed by atoms with Crippen LogP contribution in [0.4, 0.5) is 10.1 Å². The molecule has 146 valence electrons. The van der Waals surface area contributed by atoms with Crippen molar-refractivity contribution >= 4 is 5.69 Å². The number of pyridine rings is 1. The number of aromatic nitrogens is 3. The number of imidazole rings is 1. The second-order valence-electron chi connectivity index (χ2n) is 6.96. The summed E-state index contributed by atoms with van der Waals surface area (Å²) >= 11 is 0. The van der Waals surface area contributed by atoms with E-state index in [0.29, 0.717) is 38.4 Å². The normalized spacial score (nSPS) is 15.6. The molecule has 6 nitrogen and oxygen atoms in total. The second-order valence-corrected chi connectivity index (χ2v) is 6.96. The van der Waals surface area contributed by atoms with E-state index in [1.807, 2.05) is 46.8 Å². The number of hydrogen-bond donors (Lipinski definition) is 1. The number of ether oxygens (including phenoxy) is 1. The monoisotopic (exact) mass is 381 g/mol. The van der Waals surface area contributed by atoms with Crippen LogP contribution in [0.15, 0.2) is 48.8 Å². The zero-order chi connectivity index (χ0) is 19.5. The molecule has 4 rings (SSSR count). The van der Waals surface area contributed by atoms with E-state index in [-0.39, 0.29) is 11.9 Å². The third-order valence-corrected chi connectivity index (χ3v) is 5.11. The minimum absolute atomic E-state index is 0.236. The average molecular weight is 381 g/mol. The standard InChI is InChI=1S/C21H24FN5O/c1-26-20(14-25-21(26)18(23)13-16-4-2-3-7-24-16)15-5-6-19(17(22)12-15)27-8-10-28-11-9-27/h2-7,12,14,18H,8-11,13,23H2,1H3/t18-/m0/s1. The Morgan fingerprint density at radius 2 is 2.00 bits per heavy atom. The molecule has 7 heteroatoms.